The number of carbonyl (C=O) groups excluding carboxylic acids is 1. The van der Waals surface area contributed by atoms with Crippen molar-refractivity contribution in [2.45, 2.75) is 17.1 Å². The van der Waals surface area contributed by atoms with Gasteiger partial charge in [-0.3, -0.25) is 4.79 Å². The van der Waals surface area contributed by atoms with Gasteiger partial charge in [0.1, 0.15) is 10.0 Å². The summed E-state index contributed by atoms with van der Waals surface area (Å²) in [6.07, 6.45) is 0.851. The van der Waals surface area contributed by atoms with Crippen LogP contribution >= 0.6 is 22.9 Å². The second-order valence-corrected chi connectivity index (χ2v) is 9.85. The van der Waals surface area contributed by atoms with Crippen molar-refractivity contribution in [2.24, 2.45) is 0 Å². The molecule has 1 saturated heterocycles. The SMILES string of the molecule is O=C(CCc1ccc(F)cc1)N1CCN(S(=O)(=O)c2ccc(Cl)s2)CC1. The predicted molar refractivity (Wildman–Crippen MR) is 99.4 cm³/mol. The van der Waals surface area contributed by atoms with Crippen molar-refractivity contribution in [3.8, 4) is 0 Å². The van der Waals surface area contributed by atoms with Gasteiger partial charge in [0.05, 0.1) is 4.34 Å². The van der Waals surface area contributed by atoms with Gasteiger partial charge in [-0.1, -0.05) is 23.7 Å². The molecule has 0 unspecified atom stereocenters. The molecule has 0 N–H and O–H groups in total. The lowest BCUT2D eigenvalue weighted by molar-refractivity contribution is -0.132. The van der Waals surface area contributed by atoms with E-state index in [4.69, 9.17) is 11.6 Å². The van der Waals surface area contributed by atoms with E-state index in [0.29, 0.717) is 30.3 Å². The molecule has 1 aromatic heterocycles. The number of sulfonamides is 1. The van der Waals surface area contributed by atoms with E-state index in [1.165, 1.54) is 22.5 Å². The second kappa shape index (κ2) is 8.04. The van der Waals surface area contributed by atoms with Crippen LogP contribution in [0.25, 0.3) is 0 Å². The van der Waals surface area contributed by atoms with Crippen LogP contribution < -0.4 is 0 Å². The van der Waals surface area contributed by atoms with Crippen LogP contribution in [0.4, 0.5) is 4.39 Å². The minimum atomic E-state index is -3.56. The average Bonchev–Trinajstić information content (AvgIpc) is 3.08. The number of hydrogen-bond acceptors (Lipinski definition) is 4. The summed E-state index contributed by atoms with van der Waals surface area (Å²) in [7, 11) is -3.56. The van der Waals surface area contributed by atoms with Crippen LogP contribution in [0.15, 0.2) is 40.6 Å². The summed E-state index contributed by atoms with van der Waals surface area (Å²) in [4.78, 5) is 14.0. The van der Waals surface area contributed by atoms with Gasteiger partial charge in [-0.2, -0.15) is 4.31 Å². The van der Waals surface area contributed by atoms with Crippen molar-refractivity contribution in [3.05, 3.63) is 52.1 Å². The molecule has 0 radical (unpaired) electrons. The van der Waals surface area contributed by atoms with Crippen LogP contribution in [0.5, 0.6) is 0 Å². The Bertz CT molecular complexity index is 876. The zero-order valence-corrected chi connectivity index (χ0v) is 16.3. The quantitative estimate of drug-likeness (QED) is 0.752. The molecule has 1 amide bonds. The molecule has 1 aromatic carbocycles. The van der Waals surface area contributed by atoms with E-state index in [2.05, 4.69) is 0 Å². The Balaban J connectivity index is 1.53. The topological polar surface area (TPSA) is 57.7 Å². The first kappa shape index (κ1) is 19.3. The number of piperazine rings is 1. The molecule has 5 nitrogen and oxygen atoms in total. The van der Waals surface area contributed by atoms with E-state index in [1.807, 2.05) is 0 Å². The lowest BCUT2D eigenvalue weighted by Crippen LogP contribution is -2.50. The Hall–Kier alpha value is -1.48. The average molecular weight is 417 g/mol. The zero-order chi connectivity index (χ0) is 18.7. The zero-order valence-electron chi connectivity index (χ0n) is 13.9. The maximum atomic E-state index is 12.9. The van der Waals surface area contributed by atoms with E-state index in [9.17, 15) is 17.6 Å². The van der Waals surface area contributed by atoms with Crippen molar-refractivity contribution >= 4 is 38.9 Å². The van der Waals surface area contributed by atoms with Crippen LogP contribution in [0.2, 0.25) is 4.34 Å². The molecule has 1 aliphatic heterocycles. The van der Waals surface area contributed by atoms with Gasteiger partial charge in [0.25, 0.3) is 10.0 Å². The van der Waals surface area contributed by atoms with Gasteiger partial charge in [0, 0.05) is 32.6 Å². The first-order valence-electron chi connectivity index (χ1n) is 8.14. The molecule has 1 fully saturated rings. The summed E-state index contributed by atoms with van der Waals surface area (Å²) in [6, 6.07) is 9.15. The first-order chi connectivity index (χ1) is 12.4. The molecule has 9 heteroatoms. The van der Waals surface area contributed by atoms with Gasteiger partial charge in [0.15, 0.2) is 0 Å². The molecule has 2 aromatic rings. The molecule has 3 rings (SSSR count). The maximum absolute atomic E-state index is 12.9. The highest BCUT2D eigenvalue weighted by atomic mass is 35.5. The van der Waals surface area contributed by atoms with Crippen LogP contribution in [0.3, 0.4) is 0 Å². The smallest absolute Gasteiger partial charge is 0.252 e. The fourth-order valence-electron chi connectivity index (χ4n) is 2.80. The van der Waals surface area contributed by atoms with Crippen LogP contribution in [0.1, 0.15) is 12.0 Å². The Kier molecular flexibility index (Phi) is 5.96. The predicted octanol–water partition coefficient (Wildman–Crippen LogP) is 3.01. The molecule has 0 spiro atoms. The minimum Gasteiger partial charge on any atom is -0.340 e. The molecule has 2 heterocycles. The summed E-state index contributed by atoms with van der Waals surface area (Å²) < 4.78 is 40.1. The number of thiophene rings is 1. The third-order valence-electron chi connectivity index (χ3n) is 4.27. The highest BCUT2D eigenvalue weighted by Crippen LogP contribution is 2.28. The molecule has 140 valence electrons. The molecule has 1 aliphatic rings. The Labute approximate surface area is 161 Å². The highest BCUT2D eigenvalue weighted by Gasteiger charge is 2.30. The number of nitrogens with zero attached hydrogens (tertiary/aromatic N) is 2. The van der Waals surface area contributed by atoms with Gasteiger partial charge in [-0.15, -0.1) is 11.3 Å². The monoisotopic (exact) mass is 416 g/mol. The van der Waals surface area contributed by atoms with Crippen molar-refractivity contribution in [2.75, 3.05) is 26.2 Å². The lowest BCUT2D eigenvalue weighted by Gasteiger charge is -2.33. The van der Waals surface area contributed by atoms with E-state index < -0.39 is 10.0 Å². The third-order valence-corrected chi connectivity index (χ3v) is 7.87. The van der Waals surface area contributed by atoms with Gasteiger partial charge >= 0.3 is 0 Å². The summed E-state index contributed by atoms with van der Waals surface area (Å²) in [5.74, 6) is -0.324. The molecule has 0 aliphatic carbocycles. The normalized spacial score (nSPS) is 16.0. The van der Waals surface area contributed by atoms with Gasteiger partial charge in [-0.05, 0) is 36.2 Å². The number of rotatable bonds is 5. The fourth-order valence-corrected chi connectivity index (χ4v) is 5.86. The lowest BCUT2D eigenvalue weighted by atomic mass is 10.1. The Morgan fingerprint density at radius 1 is 1.08 bits per heavy atom. The van der Waals surface area contributed by atoms with E-state index in [-0.39, 0.29) is 29.0 Å². The van der Waals surface area contributed by atoms with Crippen molar-refractivity contribution < 1.29 is 17.6 Å². The molecule has 0 bridgehead atoms. The van der Waals surface area contributed by atoms with Gasteiger partial charge in [-0.25, -0.2) is 12.8 Å². The van der Waals surface area contributed by atoms with Crippen molar-refractivity contribution in [3.63, 3.8) is 0 Å². The van der Waals surface area contributed by atoms with E-state index >= 15 is 0 Å². The van der Waals surface area contributed by atoms with Gasteiger partial charge in [0.2, 0.25) is 5.91 Å². The number of benzene rings is 1. The van der Waals surface area contributed by atoms with Crippen LogP contribution in [-0.2, 0) is 21.2 Å². The molecule has 26 heavy (non-hydrogen) atoms. The molecular weight excluding hydrogens is 399 g/mol. The summed E-state index contributed by atoms with van der Waals surface area (Å²) >= 11 is 6.86. The fraction of sp³-hybridized carbons (Fsp3) is 0.353. The number of amides is 1. The first-order valence-corrected chi connectivity index (χ1v) is 10.8. The van der Waals surface area contributed by atoms with Crippen molar-refractivity contribution in [1.29, 1.82) is 0 Å². The van der Waals surface area contributed by atoms with Crippen LogP contribution in [0, 0.1) is 5.82 Å². The molecule has 0 atom stereocenters. The Morgan fingerprint density at radius 3 is 2.31 bits per heavy atom. The molecule has 0 saturated carbocycles. The maximum Gasteiger partial charge on any atom is 0.252 e. The highest BCUT2D eigenvalue weighted by molar-refractivity contribution is 7.91. The summed E-state index contributed by atoms with van der Waals surface area (Å²) in [5, 5.41) is 0. The standard InChI is InChI=1S/C17H18ClFN2O3S2/c18-15-6-8-17(25-15)26(23,24)21-11-9-20(10-12-21)16(22)7-3-13-1-4-14(19)5-2-13/h1-2,4-6,8H,3,7,9-12H2. The van der Waals surface area contributed by atoms with Crippen LogP contribution in [-0.4, -0.2) is 49.7 Å². The number of carbonyl (C=O) groups is 1. The molecular formula is C17H18ClFN2O3S2. The Morgan fingerprint density at radius 2 is 1.73 bits per heavy atom. The minimum absolute atomic E-state index is 0.0226. The van der Waals surface area contributed by atoms with Crippen molar-refractivity contribution in [1.82, 2.24) is 9.21 Å². The van der Waals surface area contributed by atoms with E-state index in [0.717, 1.165) is 16.9 Å². The number of halogens is 2. The third kappa shape index (κ3) is 4.43. The van der Waals surface area contributed by atoms with E-state index in [1.54, 1.807) is 23.1 Å². The second-order valence-electron chi connectivity index (χ2n) is 5.97. The number of hydrogen-bond donors (Lipinski definition) is 0. The summed E-state index contributed by atoms with van der Waals surface area (Å²) in [5.41, 5.74) is 0.899. The van der Waals surface area contributed by atoms with Gasteiger partial charge < -0.3 is 4.90 Å². The largest absolute Gasteiger partial charge is 0.340 e. The summed E-state index contributed by atoms with van der Waals surface area (Å²) in [6.45, 7) is 1.25. The number of aryl methyl sites for hydroxylation is 1.